The zero-order chi connectivity index (χ0) is 9.26. The first-order valence-electron chi connectivity index (χ1n) is 5.39. The summed E-state index contributed by atoms with van der Waals surface area (Å²) < 4.78 is 0. The molecule has 0 aromatic carbocycles. The Labute approximate surface area is 80.1 Å². The molecule has 0 aromatic rings. The van der Waals surface area contributed by atoms with Crippen LogP contribution in [0, 0.1) is 5.92 Å². The Balaban J connectivity index is 1.86. The molecule has 76 valence electrons. The summed E-state index contributed by atoms with van der Waals surface area (Å²) >= 11 is 0. The normalized spacial score (nSPS) is 40.6. The molecule has 13 heavy (non-hydrogen) atoms. The SMILES string of the molecule is CC(CO)NC1CN2CCC1CC2. The third kappa shape index (κ3) is 2.03. The number of fused-ring (bicyclic) bond motifs is 3. The molecule has 0 saturated carbocycles. The summed E-state index contributed by atoms with van der Waals surface area (Å²) in [5.41, 5.74) is 0. The van der Waals surface area contributed by atoms with E-state index in [0.717, 1.165) is 5.92 Å². The van der Waals surface area contributed by atoms with Crippen LogP contribution >= 0.6 is 0 Å². The van der Waals surface area contributed by atoms with E-state index in [2.05, 4.69) is 17.1 Å². The number of hydrogen-bond donors (Lipinski definition) is 2. The molecule has 3 rings (SSSR count). The van der Waals surface area contributed by atoms with Crippen molar-refractivity contribution in [3.05, 3.63) is 0 Å². The molecule has 0 aliphatic carbocycles. The maximum atomic E-state index is 8.96. The van der Waals surface area contributed by atoms with Crippen LogP contribution in [0.2, 0.25) is 0 Å². The molecule has 0 amide bonds. The van der Waals surface area contributed by atoms with E-state index in [1.54, 1.807) is 0 Å². The highest BCUT2D eigenvalue weighted by molar-refractivity contribution is 4.91. The van der Waals surface area contributed by atoms with Crippen molar-refractivity contribution < 1.29 is 5.11 Å². The Morgan fingerprint density at radius 2 is 2.15 bits per heavy atom. The lowest BCUT2D eigenvalue weighted by molar-refractivity contribution is 0.0632. The second-order valence-corrected chi connectivity index (χ2v) is 4.49. The molecule has 3 fully saturated rings. The van der Waals surface area contributed by atoms with Crippen molar-refractivity contribution in [2.75, 3.05) is 26.2 Å². The third-order valence-corrected chi connectivity index (χ3v) is 3.43. The molecule has 0 aromatic heterocycles. The Kier molecular flexibility index (Phi) is 2.86. The van der Waals surface area contributed by atoms with Gasteiger partial charge in [-0.25, -0.2) is 0 Å². The van der Waals surface area contributed by atoms with Crippen molar-refractivity contribution in [1.82, 2.24) is 10.2 Å². The smallest absolute Gasteiger partial charge is 0.0582 e. The zero-order valence-corrected chi connectivity index (χ0v) is 8.37. The molecule has 3 nitrogen and oxygen atoms in total. The predicted molar refractivity (Wildman–Crippen MR) is 52.6 cm³/mol. The molecule has 3 aliphatic heterocycles. The summed E-state index contributed by atoms with van der Waals surface area (Å²) in [5, 5.41) is 12.5. The van der Waals surface area contributed by atoms with E-state index >= 15 is 0 Å². The molecule has 0 radical (unpaired) electrons. The summed E-state index contributed by atoms with van der Waals surface area (Å²) in [6.45, 7) is 6.07. The second kappa shape index (κ2) is 3.95. The zero-order valence-electron chi connectivity index (χ0n) is 8.37. The number of rotatable bonds is 3. The minimum Gasteiger partial charge on any atom is -0.395 e. The molecule has 3 saturated heterocycles. The first kappa shape index (κ1) is 9.44. The van der Waals surface area contributed by atoms with Gasteiger partial charge in [0.15, 0.2) is 0 Å². The Morgan fingerprint density at radius 1 is 1.46 bits per heavy atom. The Morgan fingerprint density at radius 3 is 2.62 bits per heavy atom. The van der Waals surface area contributed by atoms with Crippen LogP contribution in [0.1, 0.15) is 19.8 Å². The van der Waals surface area contributed by atoms with E-state index in [9.17, 15) is 0 Å². The summed E-state index contributed by atoms with van der Waals surface area (Å²) in [7, 11) is 0. The van der Waals surface area contributed by atoms with Crippen LogP contribution < -0.4 is 5.32 Å². The van der Waals surface area contributed by atoms with Crippen LogP contribution in [0.3, 0.4) is 0 Å². The molecule has 2 N–H and O–H groups in total. The van der Waals surface area contributed by atoms with Crippen LogP contribution in [0.15, 0.2) is 0 Å². The van der Waals surface area contributed by atoms with E-state index in [-0.39, 0.29) is 12.6 Å². The maximum absolute atomic E-state index is 8.96. The predicted octanol–water partition coefficient (Wildman–Crippen LogP) is 0.0510. The standard InChI is InChI=1S/C10H20N2O/c1-8(7-13)11-10-6-12-4-2-9(10)3-5-12/h8-11,13H,2-7H2,1H3. The van der Waals surface area contributed by atoms with Gasteiger partial charge in [0.1, 0.15) is 0 Å². The highest BCUT2D eigenvalue weighted by Crippen LogP contribution is 2.27. The lowest BCUT2D eigenvalue weighted by Crippen LogP contribution is -2.58. The van der Waals surface area contributed by atoms with Crippen molar-refractivity contribution in [3.63, 3.8) is 0 Å². The van der Waals surface area contributed by atoms with E-state index in [1.165, 1.54) is 32.5 Å². The van der Waals surface area contributed by atoms with Crippen LogP contribution in [0.4, 0.5) is 0 Å². The van der Waals surface area contributed by atoms with Crippen molar-refractivity contribution in [2.45, 2.75) is 31.8 Å². The maximum Gasteiger partial charge on any atom is 0.0582 e. The molecular formula is C10H20N2O. The number of aliphatic hydroxyl groups is 1. The van der Waals surface area contributed by atoms with Gasteiger partial charge in [0.2, 0.25) is 0 Å². The molecule has 0 spiro atoms. The van der Waals surface area contributed by atoms with Gasteiger partial charge in [0.25, 0.3) is 0 Å². The molecule has 2 bridgehead atoms. The Hall–Kier alpha value is -0.120. The summed E-state index contributed by atoms with van der Waals surface area (Å²) in [5.74, 6) is 0.860. The van der Waals surface area contributed by atoms with Gasteiger partial charge in [-0.2, -0.15) is 0 Å². The van der Waals surface area contributed by atoms with Gasteiger partial charge in [0, 0.05) is 18.6 Å². The molecule has 2 atom stereocenters. The highest BCUT2D eigenvalue weighted by Gasteiger charge is 2.34. The first-order valence-corrected chi connectivity index (χ1v) is 5.39. The number of nitrogens with zero attached hydrogens (tertiary/aromatic N) is 1. The van der Waals surface area contributed by atoms with Gasteiger partial charge in [-0.3, -0.25) is 0 Å². The average Bonchev–Trinajstić information content (AvgIpc) is 2.19. The number of hydrogen-bond acceptors (Lipinski definition) is 3. The second-order valence-electron chi connectivity index (χ2n) is 4.49. The van der Waals surface area contributed by atoms with Crippen LogP contribution in [-0.2, 0) is 0 Å². The third-order valence-electron chi connectivity index (χ3n) is 3.43. The van der Waals surface area contributed by atoms with E-state index in [0.29, 0.717) is 6.04 Å². The fourth-order valence-corrected chi connectivity index (χ4v) is 2.57. The van der Waals surface area contributed by atoms with Gasteiger partial charge < -0.3 is 15.3 Å². The summed E-state index contributed by atoms with van der Waals surface area (Å²) in [4.78, 5) is 2.53. The number of aliphatic hydroxyl groups excluding tert-OH is 1. The van der Waals surface area contributed by atoms with E-state index in [4.69, 9.17) is 5.11 Å². The van der Waals surface area contributed by atoms with Crippen LogP contribution in [0.25, 0.3) is 0 Å². The fourth-order valence-electron chi connectivity index (χ4n) is 2.57. The largest absolute Gasteiger partial charge is 0.395 e. The van der Waals surface area contributed by atoms with Crippen LogP contribution in [-0.4, -0.2) is 48.3 Å². The van der Waals surface area contributed by atoms with Crippen molar-refractivity contribution in [1.29, 1.82) is 0 Å². The van der Waals surface area contributed by atoms with Gasteiger partial charge in [0.05, 0.1) is 6.61 Å². The molecular weight excluding hydrogens is 164 g/mol. The topological polar surface area (TPSA) is 35.5 Å². The first-order chi connectivity index (χ1) is 6.29. The van der Waals surface area contributed by atoms with Crippen molar-refractivity contribution in [2.24, 2.45) is 5.92 Å². The quantitative estimate of drug-likeness (QED) is 0.650. The van der Waals surface area contributed by atoms with Gasteiger partial charge in [-0.15, -0.1) is 0 Å². The summed E-state index contributed by atoms with van der Waals surface area (Å²) in [6, 6.07) is 0.884. The monoisotopic (exact) mass is 184 g/mol. The average molecular weight is 184 g/mol. The van der Waals surface area contributed by atoms with Crippen molar-refractivity contribution in [3.8, 4) is 0 Å². The lowest BCUT2D eigenvalue weighted by Gasteiger charge is -2.45. The molecule has 3 heteroatoms. The Bertz CT molecular complexity index is 166. The van der Waals surface area contributed by atoms with E-state index < -0.39 is 0 Å². The fraction of sp³-hybridized carbons (Fsp3) is 1.00. The van der Waals surface area contributed by atoms with Crippen LogP contribution in [0.5, 0.6) is 0 Å². The minimum absolute atomic E-state index is 0.253. The number of nitrogens with one attached hydrogen (secondary N) is 1. The molecule has 3 heterocycles. The van der Waals surface area contributed by atoms with Gasteiger partial charge >= 0.3 is 0 Å². The highest BCUT2D eigenvalue weighted by atomic mass is 16.3. The van der Waals surface area contributed by atoms with Crippen molar-refractivity contribution >= 4 is 0 Å². The molecule has 2 unspecified atom stereocenters. The van der Waals surface area contributed by atoms with Gasteiger partial charge in [-0.05, 0) is 38.8 Å². The number of piperidine rings is 3. The lowest BCUT2D eigenvalue weighted by atomic mass is 9.84. The molecule has 3 aliphatic rings. The van der Waals surface area contributed by atoms with E-state index in [1.807, 2.05) is 0 Å². The minimum atomic E-state index is 0.253. The van der Waals surface area contributed by atoms with Gasteiger partial charge in [-0.1, -0.05) is 0 Å². The summed E-state index contributed by atoms with van der Waals surface area (Å²) in [6.07, 6.45) is 2.69.